The highest BCUT2D eigenvalue weighted by molar-refractivity contribution is 5.75. The minimum atomic E-state index is -0.890. The number of nitrogens with zero attached hydrogens (tertiary/aromatic N) is 1. The van der Waals surface area contributed by atoms with Crippen LogP contribution in [0.4, 0.5) is 0 Å². The lowest BCUT2D eigenvalue weighted by molar-refractivity contribution is -0.136. The summed E-state index contributed by atoms with van der Waals surface area (Å²) in [5.41, 5.74) is 2.19. The van der Waals surface area contributed by atoms with Crippen LogP contribution in [0.3, 0.4) is 0 Å². The summed E-state index contributed by atoms with van der Waals surface area (Å²) in [6.45, 7) is 0. The molecule has 0 unspecified atom stereocenters. The van der Waals surface area contributed by atoms with Gasteiger partial charge in [0, 0.05) is 17.3 Å². The van der Waals surface area contributed by atoms with Crippen molar-refractivity contribution in [2.24, 2.45) is 0 Å². The lowest BCUT2D eigenvalue weighted by Crippen LogP contribution is -2.04. The number of rotatable bonds is 4. The number of hydrogen-bond acceptors (Lipinski definition) is 3. The van der Waals surface area contributed by atoms with Crippen LogP contribution in [0.1, 0.15) is 5.56 Å². The molecule has 1 aromatic heterocycles. The number of ether oxygens (including phenoxy) is 1. The molecule has 0 saturated carbocycles. The van der Waals surface area contributed by atoms with Crippen LogP contribution in [-0.4, -0.2) is 23.2 Å². The van der Waals surface area contributed by atoms with Crippen LogP contribution in [0.25, 0.3) is 11.3 Å². The molecule has 0 bridgehead atoms. The Bertz CT molecular complexity index is 552. The Morgan fingerprint density at radius 2 is 2.00 bits per heavy atom. The lowest BCUT2D eigenvalue weighted by Gasteiger charge is -2.11. The maximum Gasteiger partial charge on any atom is 0.307 e. The van der Waals surface area contributed by atoms with Crippen LogP contribution < -0.4 is 4.74 Å². The summed E-state index contributed by atoms with van der Waals surface area (Å²) in [6, 6.07) is 11.2. The van der Waals surface area contributed by atoms with E-state index in [2.05, 4.69) is 4.98 Å². The van der Waals surface area contributed by atoms with E-state index < -0.39 is 5.97 Å². The number of hydrogen-bond donors (Lipinski definition) is 1. The summed E-state index contributed by atoms with van der Waals surface area (Å²) in [5.74, 6) is -0.371. The Morgan fingerprint density at radius 3 is 2.61 bits per heavy atom. The van der Waals surface area contributed by atoms with Crippen LogP contribution in [0.15, 0.2) is 42.6 Å². The molecule has 18 heavy (non-hydrogen) atoms. The molecule has 4 heteroatoms. The van der Waals surface area contributed by atoms with Gasteiger partial charge < -0.3 is 9.84 Å². The van der Waals surface area contributed by atoms with Crippen molar-refractivity contribution in [2.45, 2.75) is 6.42 Å². The highest BCUT2D eigenvalue weighted by atomic mass is 16.5. The summed E-state index contributed by atoms with van der Waals surface area (Å²) in [7, 11) is 1.52. The molecular weight excluding hydrogens is 230 g/mol. The van der Waals surface area contributed by atoms with E-state index in [0.29, 0.717) is 17.0 Å². The summed E-state index contributed by atoms with van der Waals surface area (Å²) >= 11 is 0. The minimum absolute atomic E-state index is 0.0779. The third kappa shape index (κ3) is 2.48. The first kappa shape index (κ1) is 12.1. The largest absolute Gasteiger partial charge is 0.494 e. The van der Waals surface area contributed by atoms with Crippen molar-refractivity contribution in [3.05, 3.63) is 48.2 Å². The lowest BCUT2D eigenvalue weighted by atomic mass is 10.1. The standard InChI is InChI=1S/C14H13NO3/c1-18-14-11(9-12(16)17)7-8-15-13(14)10-5-3-2-4-6-10/h2-8H,9H2,1H3,(H,16,17). The normalized spacial score (nSPS) is 10.1. The van der Waals surface area contributed by atoms with Crippen molar-refractivity contribution in [1.29, 1.82) is 0 Å². The number of aliphatic carboxylic acids is 1. The van der Waals surface area contributed by atoms with E-state index in [1.807, 2.05) is 30.3 Å². The van der Waals surface area contributed by atoms with Crippen molar-refractivity contribution in [3.63, 3.8) is 0 Å². The molecule has 0 aliphatic rings. The topological polar surface area (TPSA) is 59.4 Å². The van der Waals surface area contributed by atoms with Crippen LogP contribution in [0, 0.1) is 0 Å². The summed E-state index contributed by atoms with van der Waals surface area (Å²) < 4.78 is 5.31. The summed E-state index contributed by atoms with van der Waals surface area (Å²) in [4.78, 5) is 15.1. The molecule has 0 atom stereocenters. The Labute approximate surface area is 105 Å². The number of methoxy groups -OCH3 is 1. The summed E-state index contributed by atoms with van der Waals surface area (Å²) in [6.07, 6.45) is 1.52. The minimum Gasteiger partial charge on any atom is -0.494 e. The van der Waals surface area contributed by atoms with Crippen molar-refractivity contribution in [1.82, 2.24) is 4.98 Å². The van der Waals surface area contributed by atoms with Gasteiger partial charge >= 0.3 is 5.97 Å². The van der Waals surface area contributed by atoms with Gasteiger partial charge in [-0.2, -0.15) is 0 Å². The number of carboxylic acid groups (broad SMARTS) is 1. The molecule has 0 fully saturated rings. The highest BCUT2D eigenvalue weighted by Crippen LogP contribution is 2.30. The first-order chi connectivity index (χ1) is 8.72. The Hall–Kier alpha value is -2.36. The molecule has 4 nitrogen and oxygen atoms in total. The molecule has 0 amide bonds. The van der Waals surface area contributed by atoms with Crippen LogP contribution >= 0.6 is 0 Å². The molecule has 0 spiro atoms. The maximum atomic E-state index is 10.8. The van der Waals surface area contributed by atoms with Gasteiger partial charge in [-0.1, -0.05) is 30.3 Å². The van der Waals surface area contributed by atoms with E-state index in [1.165, 1.54) is 7.11 Å². The number of aromatic nitrogens is 1. The van der Waals surface area contributed by atoms with Crippen LogP contribution in [-0.2, 0) is 11.2 Å². The molecule has 2 aromatic rings. The van der Waals surface area contributed by atoms with E-state index in [0.717, 1.165) is 5.56 Å². The first-order valence-electron chi connectivity index (χ1n) is 5.51. The fourth-order valence-corrected chi connectivity index (χ4v) is 1.82. The Morgan fingerprint density at radius 1 is 1.28 bits per heavy atom. The molecular formula is C14H13NO3. The summed E-state index contributed by atoms with van der Waals surface area (Å²) in [5, 5.41) is 8.87. The van der Waals surface area contributed by atoms with Crippen molar-refractivity contribution in [2.75, 3.05) is 7.11 Å². The monoisotopic (exact) mass is 243 g/mol. The number of carbonyl (C=O) groups is 1. The number of pyridine rings is 1. The molecule has 0 aliphatic carbocycles. The van der Waals surface area contributed by atoms with Gasteiger partial charge in [0.15, 0.2) is 0 Å². The first-order valence-corrected chi connectivity index (χ1v) is 5.51. The van der Waals surface area contributed by atoms with Gasteiger partial charge in [0.2, 0.25) is 0 Å². The zero-order chi connectivity index (χ0) is 13.0. The van der Waals surface area contributed by atoms with Crippen molar-refractivity contribution >= 4 is 5.97 Å². The third-order valence-electron chi connectivity index (χ3n) is 2.58. The predicted molar refractivity (Wildman–Crippen MR) is 67.6 cm³/mol. The van der Waals surface area contributed by atoms with E-state index in [1.54, 1.807) is 12.3 Å². The van der Waals surface area contributed by atoms with Crippen molar-refractivity contribution in [3.8, 4) is 17.0 Å². The maximum absolute atomic E-state index is 10.8. The van der Waals surface area contributed by atoms with Gasteiger partial charge in [0.25, 0.3) is 0 Å². The highest BCUT2D eigenvalue weighted by Gasteiger charge is 2.14. The fraction of sp³-hybridized carbons (Fsp3) is 0.143. The zero-order valence-electron chi connectivity index (χ0n) is 9.96. The van der Waals surface area contributed by atoms with Gasteiger partial charge in [-0.3, -0.25) is 9.78 Å². The molecule has 1 heterocycles. The second kappa shape index (κ2) is 5.31. The number of carboxylic acids is 1. The average molecular weight is 243 g/mol. The van der Waals surface area contributed by atoms with Gasteiger partial charge in [-0.25, -0.2) is 0 Å². The van der Waals surface area contributed by atoms with Crippen molar-refractivity contribution < 1.29 is 14.6 Å². The number of benzene rings is 1. The van der Waals surface area contributed by atoms with Gasteiger partial charge in [0.05, 0.1) is 13.5 Å². The molecule has 1 N–H and O–H groups in total. The molecule has 2 rings (SSSR count). The average Bonchev–Trinajstić information content (AvgIpc) is 2.39. The Kier molecular flexibility index (Phi) is 3.57. The van der Waals surface area contributed by atoms with Gasteiger partial charge in [-0.05, 0) is 6.07 Å². The van der Waals surface area contributed by atoms with E-state index >= 15 is 0 Å². The Balaban J connectivity index is 2.51. The quantitative estimate of drug-likeness (QED) is 0.895. The molecule has 0 saturated heterocycles. The van der Waals surface area contributed by atoms with Gasteiger partial charge in [-0.15, -0.1) is 0 Å². The predicted octanol–water partition coefficient (Wildman–Crippen LogP) is 2.38. The second-order valence-electron chi connectivity index (χ2n) is 3.79. The smallest absolute Gasteiger partial charge is 0.307 e. The van der Waals surface area contributed by atoms with E-state index in [9.17, 15) is 4.79 Å². The van der Waals surface area contributed by atoms with Gasteiger partial charge in [0.1, 0.15) is 11.4 Å². The van der Waals surface area contributed by atoms with E-state index in [-0.39, 0.29) is 6.42 Å². The molecule has 92 valence electrons. The van der Waals surface area contributed by atoms with Crippen LogP contribution in [0.5, 0.6) is 5.75 Å². The second-order valence-corrected chi connectivity index (χ2v) is 3.79. The fourth-order valence-electron chi connectivity index (χ4n) is 1.82. The zero-order valence-corrected chi connectivity index (χ0v) is 9.96. The molecule has 0 radical (unpaired) electrons. The van der Waals surface area contributed by atoms with E-state index in [4.69, 9.17) is 9.84 Å². The molecule has 0 aliphatic heterocycles. The SMILES string of the molecule is COc1c(CC(=O)O)ccnc1-c1ccccc1. The third-order valence-corrected chi connectivity index (χ3v) is 2.58. The van der Waals surface area contributed by atoms with Crippen LogP contribution in [0.2, 0.25) is 0 Å². The molecule has 1 aromatic carbocycles.